The Balaban J connectivity index is 1.86. The molecule has 1 saturated heterocycles. The Morgan fingerprint density at radius 3 is 3.06 bits per heavy atom. The largest absolute Gasteiger partial charge is 0.378 e. The molecule has 3 heteroatoms. The zero-order valence-electron chi connectivity index (χ0n) is 10.0. The lowest BCUT2D eigenvalue weighted by molar-refractivity contribution is 0.0566. The van der Waals surface area contributed by atoms with Crippen molar-refractivity contribution in [2.24, 2.45) is 11.8 Å². The molecular formula is C13H20N2O. The predicted octanol–water partition coefficient (Wildman–Crippen LogP) is 2.55. The van der Waals surface area contributed by atoms with Gasteiger partial charge in [0.1, 0.15) is 5.82 Å². The fourth-order valence-corrected chi connectivity index (χ4v) is 2.31. The van der Waals surface area contributed by atoms with Crippen LogP contribution in [0.3, 0.4) is 0 Å². The lowest BCUT2D eigenvalue weighted by atomic mass is 9.93. The van der Waals surface area contributed by atoms with Crippen molar-refractivity contribution in [3.63, 3.8) is 0 Å². The molecule has 1 N–H and O–H groups in total. The number of ether oxygens (including phenoxy) is 1. The van der Waals surface area contributed by atoms with Gasteiger partial charge < -0.3 is 10.1 Å². The van der Waals surface area contributed by atoms with Gasteiger partial charge in [-0.1, -0.05) is 19.9 Å². The Kier molecular flexibility index (Phi) is 3.78. The van der Waals surface area contributed by atoms with Crippen LogP contribution in [0.25, 0.3) is 0 Å². The molecule has 1 aromatic heterocycles. The summed E-state index contributed by atoms with van der Waals surface area (Å²) in [6.45, 7) is 6.31. The minimum Gasteiger partial charge on any atom is -0.378 e. The van der Waals surface area contributed by atoms with Crippen LogP contribution in [0.1, 0.15) is 20.3 Å². The molecule has 1 fully saturated rings. The average molecular weight is 220 g/mol. The lowest BCUT2D eigenvalue weighted by Crippen LogP contribution is -2.28. The maximum absolute atomic E-state index is 5.76. The van der Waals surface area contributed by atoms with E-state index in [0.29, 0.717) is 17.9 Å². The van der Waals surface area contributed by atoms with Crippen LogP contribution in [-0.4, -0.2) is 24.2 Å². The van der Waals surface area contributed by atoms with Crippen molar-refractivity contribution in [2.45, 2.75) is 26.4 Å². The first-order valence-corrected chi connectivity index (χ1v) is 6.04. The van der Waals surface area contributed by atoms with E-state index in [2.05, 4.69) is 24.1 Å². The Labute approximate surface area is 97.2 Å². The maximum Gasteiger partial charge on any atom is 0.125 e. The lowest BCUT2D eigenvalue weighted by Gasteiger charge is -2.22. The average Bonchev–Trinajstić information content (AvgIpc) is 2.76. The van der Waals surface area contributed by atoms with Crippen LogP contribution in [0.15, 0.2) is 24.4 Å². The Morgan fingerprint density at radius 1 is 1.50 bits per heavy atom. The van der Waals surface area contributed by atoms with Crippen molar-refractivity contribution in [1.29, 1.82) is 0 Å². The van der Waals surface area contributed by atoms with E-state index in [1.54, 1.807) is 0 Å². The Morgan fingerprint density at radius 2 is 2.38 bits per heavy atom. The standard InChI is InChI=1S/C13H20N2O/c1-10(2)13-11(6-8-16-13)9-15-12-5-3-4-7-14-12/h3-5,7,10-11,13H,6,8-9H2,1-2H3,(H,14,15). The van der Waals surface area contributed by atoms with E-state index in [1.807, 2.05) is 24.4 Å². The molecule has 1 aliphatic heterocycles. The number of aromatic nitrogens is 1. The molecule has 0 radical (unpaired) electrons. The summed E-state index contributed by atoms with van der Waals surface area (Å²) in [6, 6.07) is 5.93. The van der Waals surface area contributed by atoms with E-state index in [4.69, 9.17) is 4.74 Å². The van der Waals surface area contributed by atoms with Crippen LogP contribution >= 0.6 is 0 Å². The van der Waals surface area contributed by atoms with Gasteiger partial charge in [-0.25, -0.2) is 4.98 Å². The second-order valence-electron chi connectivity index (χ2n) is 4.72. The van der Waals surface area contributed by atoms with Crippen molar-refractivity contribution < 1.29 is 4.74 Å². The zero-order chi connectivity index (χ0) is 11.4. The molecular weight excluding hydrogens is 200 g/mol. The predicted molar refractivity (Wildman–Crippen MR) is 65.4 cm³/mol. The number of hydrogen-bond donors (Lipinski definition) is 1. The van der Waals surface area contributed by atoms with Gasteiger partial charge in [0, 0.05) is 25.3 Å². The van der Waals surface area contributed by atoms with E-state index >= 15 is 0 Å². The van der Waals surface area contributed by atoms with Gasteiger partial charge in [-0.3, -0.25) is 0 Å². The minimum absolute atomic E-state index is 0.399. The smallest absolute Gasteiger partial charge is 0.125 e. The van der Waals surface area contributed by atoms with E-state index < -0.39 is 0 Å². The highest BCUT2D eigenvalue weighted by atomic mass is 16.5. The van der Waals surface area contributed by atoms with Crippen molar-refractivity contribution in [1.82, 2.24) is 4.98 Å². The molecule has 1 aliphatic rings. The molecule has 0 aliphatic carbocycles. The van der Waals surface area contributed by atoms with Crippen molar-refractivity contribution in [3.8, 4) is 0 Å². The molecule has 88 valence electrons. The fourth-order valence-electron chi connectivity index (χ4n) is 2.31. The van der Waals surface area contributed by atoms with Crippen molar-refractivity contribution in [2.75, 3.05) is 18.5 Å². The summed E-state index contributed by atoms with van der Waals surface area (Å²) in [5, 5.41) is 3.38. The molecule has 0 spiro atoms. The van der Waals surface area contributed by atoms with Crippen molar-refractivity contribution >= 4 is 5.82 Å². The first-order valence-electron chi connectivity index (χ1n) is 6.04. The van der Waals surface area contributed by atoms with Gasteiger partial charge in [-0.15, -0.1) is 0 Å². The van der Waals surface area contributed by atoms with Crippen LogP contribution < -0.4 is 5.32 Å². The van der Waals surface area contributed by atoms with Crippen LogP contribution in [-0.2, 0) is 4.74 Å². The molecule has 2 rings (SSSR count). The van der Waals surface area contributed by atoms with Crippen molar-refractivity contribution in [3.05, 3.63) is 24.4 Å². The quantitative estimate of drug-likeness (QED) is 0.846. The van der Waals surface area contributed by atoms with Crippen LogP contribution in [0.2, 0.25) is 0 Å². The monoisotopic (exact) mass is 220 g/mol. The van der Waals surface area contributed by atoms with Gasteiger partial charge in [-0.05, 0) is 24.5 Å². The normalized spacial score (nSPS) is 24.9. The van der Waals surface area contributed by atoms with E-state index in [9.17, 15) is 0 Å². The third-order valence-corrected chi connectivity index (χ3v) is 3.13. The SMILES string of the molecule is CC(C)C1OCCC1CNc1ccccn1. The number of hydrogen-bond acceptors (Lipinski definition) is 3. The van der Waals surface area contributed by atoms with Gasteiger partial charge >= 0.3 is 0 Å². The first kappa shape index (κ1) is 11.4. The van der Waals surface area contributed by atoms with E-state index in [-0.39, 0.29) is 0 Å². The van der Waals surface area contributed by atoms with Crippen LogP contribution in [0, 0.1) is 11.8 Å². The minimum atomic E-state index is 0.399. The van der Waals surface area contributed by atoms with E-state index in [0.717, 1.165) is 25.4 Å². The van der Waals surface area contributed by atoms with Gasteiger partial charge in [-0.2, -0.15) is 0 Å². The van der Waals surface area contributed by atoms with Gasteiger partial charge in [0.2, 0.25) is 0 Å². The van der Waals surface area contributed by atoms with Gasteiger partial charge in [0.05, 0.1) is 6.10 Å². The number of pyridine rings is 1. The number of rotatable bonds is 4. The summed E-state index contributed by atoms with van der Waals surface area (Å²) in [7, 11) is 0. The molecule has 0 saturated carbocycles. The number of nitrogens with one attached hydrogen (secondary N) is 1. The first-order chi connectivity index (χ1) is 7.77. The summed E-state index contributed by atoms with van der Waals surface area (Å²) in [5.41, 5.74) is 0. The maximum atomic E-state index is 5.76. The second-order valence-corrected chi connectivity index (χ2v) is 4.72. The molecule has 2 heterocycles. The van der Waals surface area contributed by atoms with E-state index in [1.165, 1.54) is 0 Å². The molecule has 3 nitrogen and oxygen atoms in total. The third-order valence-electron chi connectivity index (χ3n) is 3.13. The molecule has 16 heavy (non-hydrogen) atoms. The highest BCUT2D eigenvalue weighted by Crippen LogP contribution is 2.26. The second kappa shape index (κ2) is 5.30. The fraction of sp³-hybridized carbons (Fsp3) is 0.615. The molecule has 2 unspecified atom stereocenters. The summed E-state index contributed by atoms with van der Waals surface area (Å²) in [6.07, 6.45) is 3.37. The highest BCUT2D eigenvalue weighted by molar-refractivity contribution is 5.33. The van der Waals surface area contributed by atoms with Crippen LogP contribution in [0.5, 0.6) is 0 Å². The highest BCUT2D eigenvalue weighted by Gasteiger charge is 2.30. The molecule has 2 atom stereocenters. The number of nitrogens with zero attached hydrogens (tertiary/aromatic N) is 1. The topological polar surface area (TPSA) is 34.1 Å². The number of anilines is 1. The zero-order valence-corrected chi connectivity index (χ0v) is 10.0. The summed E-state index contributed by atoms with van der Waals surface area (Å²) < 4.78 is 5.76. The summed E-state index contributed by atoms with van der Waals surface area (Å²) >= 11 is 0. The summed E-state index contributed by atoms with van der Waals surface area (Å²) in [5.74, 6) is 2.16. The molecule has 0 bridgehead atoms. The summed E-state index contributed by atoms with van der Waals surface area (Å²) in [4.78, 5) is 4.26. The Hall–Kier alpha value is -1.09. The third kappa shape index (κ3) is 2.73. The van der Waals surface area contributed by atoms with Gasteiger partial charge in [0.25, 0.3) is 0 Å². The molecule has 0 amide bonds. The molecule has 1 aromatic rings. The van der Waals surface area contributed by atoms with Gasteiger partial charge in [0.15, 0.2) is 0 Å². The van der Waals surface area contributed by atoms with Crippen LogP contribution in [0.4, 0.5) is 5.82 Å². The Bertz CT molecular complexity index is 313. The molecule has 0 aromatic carbocycles.